The predicted molar refractivity (Wildman–Crippen MR) is 89.2 cm³/mol. The number of likely N-dealkylation sites (tertiary alicyclic amines) is 1. The van der Waals surface area contributed by atoms with Crippen LogP contribution in [0, 0.1) is 6.92 Å². The topological polar surface area (TPSA) is 79.4 Å². The van der Waals surface area contributed by atoms with Gasteiger partial charge in [-0.3, -0.25) is 9.52 Å². The average Bonchev–Trinajstić information content (AvgIpc) is 3.18. The number of hydrogen-bond donors (Lipinski definition) is 1. The maximum absolute atomic E-state index is 12.3. The Kier molecular flexibility index (Phi) is 4.36. The molecule has 2 aromatic rings. The lowest BCUT2D eigenvalue weighted by atomic mass is 10.2. The van der Waals surface area contributed by atoms with Gasteiger partial charge in [-0.15, -0.1) is 11.3 Å². The van der Waals surface area contributed by atoms with Gasteiger partial charge >= 0.3 is 0 Å². The van der Waals surface area contributed by atoms with E-state index in [1.165, 1.54) is 23.5 Å². The van der Waals surface area contributed by atoms with Crippen LogP contribution < -0.4 is 4.72 Å². The molecule has 0 aliphatic carbocycles. The predicted octanol–water partition coefficient (Wildman–Crippen LogP) is 2.49. The van der Waals surface area contributed by atoms with Crippen LogP contribution in [0.2, 0.25) is 0 Å². The molecule has 1 aromatic carbocycles. The fourth-order valence-corrected chi connectivity index (χ4v) is 4.40. The summed E-state index contributed by atoms with van der Waals surface area (Å²) in [6.45, 7) is 3.33. The number of thiazole rings is 1. The van der Waals surface area contributed by atoms with Gasteiger partial charge in [0.15, 0.2) is 5.13 Å². The summed E-state index contributed by atoms with van der Waals surface area (Å²) in [5, 5.41) is 2.11. The Bertz CT molecular complexity index is 807. The molecule has 0 spiro atoms. The Morgan fingerprint density at radius 3 is 2.43 bits per heavy atom. The van der Waals surface area contributed by atoms with Gasteiger partial charge in [-0.25, -0.2) is 13.4 Å². The summed E-state index contributed by atoms with van der Waals surface area (Å²) in [4.78, 5) is 18.2. The Balaban J connectivity index is 1.76. The van der Waals surface area contributed by atoms with E-state index in [4.69, 9.17) is 0 Å². The van der Waals surface area contributed by atoms with Gasteiger partial charge in [-0.1, -0.05) is 0 Å². The van der Waals surface area contributed by atoms with E-state index < -0.39 is 10.0 Å². The minimum Gasteiger partial charge on any atom is -0.339 e. The molecule has 0 atom stereocenters. The van der Waals surface area contributed by atoms with E-state index in [0.717, 1.165) is 31.6 Å². The number of benzene rings is 1. The number of carbonyl (C=O) groups is 1. The van der Waals surface area contributed by atoms with Crippen molar-refractivity contribution in [1.29, 1.82) is 0 Å². The smallest absolute Gasteiger partial charge is 0.263 e. The van der Waals surface area contributed by atoms with Crippen molar-refractivity contribution in [1.82, 2.24) is 9.88 Å². The first-order chi connectivity index (χ1) is 11.0. The van der Waals surface area contributed by atoms with Crippen molar-refractivity contribution in [3.05, 3.63) is 40.9 Å². The molecule has 0 saturated carbocycles. The minimum atomic E-state index is -3.69. The van der Waals surface area contributed by atoms with Crippen LogP contribution in [-0.2, 0) is 10.0 Å². The molecule has 1 aromatic heterocycles. The highest BCUT2D eigenvalue weighted by Gasteiger charge is 2.21. The second kappa shape index (κ2) is 6.29. The molecule has 0 radical (unpaired) electrons. The van der Waals surface area contributed by atoms with Crippen LogP contribution >= 0.6 is 11.3 Å². The third kappa shape index (κ3) is 3.53. The zero-order valence-electron chi connectivity index (χ0n) is 12.7. The molecule has 3 rings (SSSR count). The van der Waals surface area contributed by atoms with Crippen LogP contribution in [0.15, 0.2) is 34.5 Å². The maximum Gasteiger partial charge on any atom is 0.263 e. The summed E-state index contributed by atoms with van der Waals surface area (Å²) in [5.41, 5.74) is 1.27. The third-order valence-corrected chi connectivity index (χ3v) is 6.01. The van der Waals surface area contributed by atoms with Crippen molar-refractivity contribution < 1.29 is 13.2 Å². The summed E-state index contributed by atoms with van der Waals surface area (Å²) < 4.78 is 27.1. The van der Waals surface area contributed by atoms with Crippen molar-refractivity contribution >= 4 is 32.4 Å². The number of sulfonamides is 1. The number of carbonyl (C=O) groups excluding carboxylic acids is 1. The Labute approximate surface area is 139 Å². The van der Waals surface area contributed by atoms with Gasteiger partial charge in [0, 0.05) is 24.0 Å². The number of nitrogens with one attached hydrogen (secondary N) is 1. The van der Waals surface area contributed by atoms with Gasteiger partial charge in [0.1, 0.15) is 0 Å². The van der Waals surface area contributed by atoms with Crippen LogP contribution in [0.1, 0.15) is 28.9 Å². The number of amides is 1. The van der Waals surface area contributed by atoms with E-state index in [1.54, 1.807) is 29.3 Å². The molecule has 1 saturated heterocycles. The molecular formula is C15H17N3O3S2. The summed E-state index contributed by atoms with van der Waals surface area (Å²) in [6.07, 6.45) is 2.05. The van der Waals surface area contributed by atoms with Gasteiger partial charge in [-0.2, -0.15) is 0 Å². The molecule has 1 aliphatic rings. The molecule has 0 unspecified atom stereocenters. The standard InChI is InChI=1S/C15H17N3O3S2/c1-11-10-22-15(16-11)17-23(20,21)13-6-4-12(5-7-13)14(19)18-8-2-3-9-18/h4-7,10H,2-3,8-9H2,1H3,(H,16,17). The van der Waals surface area contributed by atoms with Gasteiger partial charge in [-0.05, 0) is 44.0 Å². The van der Waals surface area contributed by atoms with Gasteiger partial charge in [0.2, 0.25) is 0 Å². The van der Waals surface area contributed by atoms with Crippen molar-refractivity contribution in [2.45, 2.75) is 24.7 Å². The lowest BCUT2D eigenvalue weighted by Crippen LogP contribution is -2.27. The summed E-state index contributed by atoms with van der Waals surface area (Å²) in [6, 6.07) is 6.02. The van der Waals surface area contributed by atoms with Crippen molar-refractivity contribution in [3.63, 3.8) is 0 Å². The molecular weight excluding hydrogens is 334 g/mol. The molecule has 1 N–H and O–H groups in total. The number of aromatic nitrogens is 1. The summed E-state index contributed by atoms with van der Waals surface area (Å²) >= 11 is 1.23. The quantitative estimate of drug-likeness (QED) is 0.918. The molecule has 1 amide bonds. The molecule has 6 nitrogen and oxygen atoms in total. The maximum atomic E-state index is 12.3. The number of anilines is 1. The van der Waals surface area contributed by atoms with E-state index >= 15 is 0 Å². The SMILES string of the molecule is Cc1csc(NS(=O)(=O)c2ccc(C(=O)N3CCCC3)cc2)n1. The zero-order chi connectivity index (χ0) is 16.4. The second-order valence-electron chi connectivity index (χ2n) is 5.42. The van der Waals surface area contributed by atoms with Crippen LogP contribution in [-0.4, -0.2) is 37.3 Å². The largest absolute Gasteiger partial charge is 0.339 e. The van der Waals surface area contributed by atoms with E-state index in [2.05, 4.69) is 9.71 Å². The van der Waals surface area contributed by atoms with Crippen molar-refractivity contribution in [3.8, 4) is 0 Å². The summed E-state index contributed by atoms with van der Waals surface area (Å²) in [5.74, 6) is -0.0463. The minimum absolute atomic E-state index is 0.0463. The van der Waals surface area contributed by atoms with E-state index in [1.807, 2.05) is 0 Å². The molecule has 0 bridgehead atoms. The lowest BCUT2D eigenvalue weighted by Gasteiger charge is -2.15. The van der Waals surface area contributed by atoms with Gasteiger partial charge in [0.05, 0.1) is 10.6 Å². The molecule has 23 heavy (non-hydrogen) atoms. The zero-order valence-corrected chi connectivity index (χ0v) is 14.3. The number of aryl methyl sites for hydroxylation is 1. The Morgan fingerprint density at radius 2 is 1.87 bits per heavy atom. The van der Waals surface area contributed by atoms with Crippen molar-refractivity contribution in [2.75, 3.05) is 17.8 Å². The Hall–Kier alpha value is -1.93. The summed E-state index contributed by atoms with van der Waals surface area (Å²) in [7, 11) is -3.69. The highest BCUT2D eigenvalue weighted by atomic mass is 32.2. The average molecular weight is 351 g/mol. The third-order valence-electron chi connectivity index (χ3n) is 3.65. The van der Waals surface area contributed by atoms with Gasteiger partial charge in [0.25, 0.3) is 15.9 Å². The Morgan fingerprint density at radius 1 is 1.22 bits per heavy atom. The van der Waals surface area contributed by atoms with Crippen LogP contribution in [0.3, 0.4) is 0 Å². The molecule has 1 aliphatic heterocycles. The van der Waals surface area contributed by atoms with E-state index in [9.17, 15) is 13.2 Å². The molecule has 8 heteroatoms. The van der Waals surface area contributed by atoms with Crippen LogP contribution in [0.5, 0.6) is 0 Å². The lowest BCUT2D eigenvalue weighted by molar-refractivity contribution is 0.0792. The first kappa shape index (κ1) is 15.9. The molecule has 122 valence electrons. The van der Waals surface area contributed by atoms with Crippen LogP contribution in [0.4, 0.5) is 5.13 Å². The monoisotopic (exact) mass is 351 g/mol. The molecule has 2 heterocycles. The van der Waals surface area contributed by atoms with E-state index in [-0.39, 0.29) is 10.8 Å². The number of nitrogens with zero attached hydrogens (tertiary/aromatic N) is 2. The van der Waals surface area contributed by atoms with Crippen LogP contribution in [0.25, 0.3) is 0 Å². The first-order valence-electron chi connectivity index (χ1n) is 7.30. The second-order valence-corrected chi connectivity index (χ2v) is 7.96. The fourth-order valence-electron chi connectivity index (χ4n) is 2.45. The van der Waals surface area contributed by atoms with Gasteiger partial charge < -0.3 is 4.90 Å². The van der Waals surface area contributed by atoms with E-state index in [0.29, 0.717) is 10.7 Å². The fraction of sp³-hybridized carbons (Fsp3) is 0.333. The number of rotatable bonds is 4. The van der Waals surface area contributed by atoms with Crippen molar-refractivity contribution in [2.24, 2.45) is 0 Å². The highest BCUT2D eigenvalue weighted by Crippen LogP contribution is 2.21. The molecule has 1 fully saturated rings. The highest BCUT2D eigenvalue weighted by molar-refractivity contribution is 7.93. The number of hydrogen-bond acceptors (Lipinski definition) is 5. The first-order valence-corrected chi connectivity index (χ1v) is 9.66. The normalized spacial score (nSPS) is 14.9.